The number of ether oxygens (including phenoxy) is 4. The van der Waals surface area contributed by atoms with Gasteiger partial charge in [-0.3, -0.25) is 37.3 Å². The number of esters is 4. The molecule has 0 rings (SSSR count). The van der Waals surface area contributed by atoms with Gasteiger partial charge in [-0.1, -0.05) is 337 Å². The van der Waals surface area contributed by atoms with Crippen LogP contribution in [0.25, 0.3) is 0 Å². The number of carbonyl (C=O) groups excluding carboxylic acids is 4. The maximum Gasteiger partial charge on any atom is 0.472 e. The third-order valence-electron chi connectivity index (χ3n) is 17.8. The first-order chi connectivity index (χ1) is 45.4. The maximum absolute atomic E-state index is 13.1. The Hall–Kier alpha value is -1.94. The Labute approximate surface area is 575 Å². The highest BCUT2D eigenvalue weighted by Crippen LogP contribution is 2.45. The van der Waals surface area contributed by atoms with E-state index in [1.54, 1.807) is 0 Å². The number of phosphoric ester groups is 2. The largest absolute Gasteiger partial charge is 0.472 e. The lowest BCUT2D eigenvalue weighted by atomic mass is 9.99. The smallest absolute Gasteiger partial charge is 0.462 e. The zero-order valence-electron chi connectivity index (χ0n) is 61.3. The van der Waals surface area contributed by atoms with Gasteiger partial charge < -0.3 is 33.8 Å². The SMILES string of the molecule is CCCCCCCCCCCCCCCCCCCCCC(=O)O[C@H](COC(=O)CCCCCCCCCCCCCCCCC(C)CC)COP(=O)(O)OC[C@@H](O)COP(=O)(O)OC[C@@H](COC(=O)CCCCCCCCC)OC(=O)CCCCCCCCCC(C)C. The molecule has 0 spiro atoms. The second-order valence-electron chi connectivity index (χ2n) is 27.8. The van der Waals surface area contributed by atoms with E-state index in [1.165, 1.54) is 193 Å². The number of unbranched alkanes of at least 4 members (excludes halogenated alkanes) is 43. The summed E-state index contributed by atoms with van der Waals surface area (Å²) < 4.78 is 68.3. The number of carbonyl (C=O) groups is 4. The molecule has 6 atom stereocenters. The number of hydrogen-bond acceptors (Lipinski definition) is 15. The Morgan fingerprint density at radius 2 is 0.543 bits per heavy atom. The highest BCUT2D eigenvalue weighted by atomic mass is 31.2. The van der Waals surface area contributed by atoms with Crippen LogP contribution in [0, 0.1) is 11.8 Å². The van der Waals surface area contributed by atoms with Crippen LogP contribution in [0.4, 0.5) is 0 Å². The topological polar surface area (TPSA) is 237 Å². The zero-order valence-corrected chi connectivity index (χ0v) is 63.1. The monoisotopic (exact) mass is 1380 g/mol. The van der Waals surface area contributed by atoms with E-state index < -0.39 is 97.5 Å². The molecule has 0 saturated carbocycles. The summed E-state index contributed by atoms with van der Waals surface area (Å²) in [5, 5.41) is 10.6. The molecule has 0 amide bonds. The minimum atomic E-state index is -4.96. The van der Waals surface area contributed by atoms with Crippen LogP contribution < -0.4 is 0 Å². The minimum absolute atomic E-state index is 0.103. The Kier molecular flexibility index (Phi) is 65.5. The van der Waals surface area contributed by atoms with Crippen LogP contribution in [0.1, 0.15) is 388 Å². The van der Waals surface area contributed by atoms with Crippen molar-refractivity contribution in [2.75, 3.05) is 39.6 Å². The fraction of sp³-hybridized carbons (Fsp3) is 0.947. The van der Waals surface area contributed by atoms with Gasteiger partial charge in [0, 0.05) is 25.7 Å². The van der Waals surface area contributed by atoms with Crippen molar-refractivity contribution in [3.8, 4) is 0 Å². The van der Waals surface area contributed by atoms with Crippen molar-refractivity contribution in [1.82, 2.24) is 0 Å². The van der Waals surface area contributed by atoms with Gasteiger partial charge in [0.1, 0.15) is 19.3 Å². The molecule has 0 aliphatic heterocycles. The average Bonchev–Trinajstić information content (AvgIpc) is 2.88. The standard InChI is InChI=1S/C75H146O17P2/c1-7-10-12-14-16-17-18-19-20-21-22-23-24-29-32-35-41-47-53-59-74(79)91-71(64-86-73(78)58-52-46-40-34-31-28-26-25-27-30-33-39-44-50-56-68(6)9-3)66-90-94(83,84)88-62-69(76)61-87-93(81,82)89-65-70(63-85-72(77)57-51-45-37-15-13-11-8-2)92-75(80)60-54-48-42-36-38-43-49-55-67(4)5/h67-71,76H,7-66H2,1-6H3,(H,81,82)(H,83,84)/t68?,69-,70+,71+/m0/s1. The lowest BCUT2D eigenvalue weighted by Gasteiger charge is -2.21. The van der Waals surface area contributed by atoms with Crippen LogP contribution in [0.5, 0.6) is 0 Å². The van der Waals surface area contributed by atoms with E-state index in [4.69, 9.17) is 37.0 Å². The predicted octanol–water partition coefficient (Wildman–Crippen LogP) is 21.9. The van der Waals surface area contributed by atoms with Crippen molar-refractivity contribution in [1.29, 1.82) is 0 Å². The van der Waals surface area contributed by atoms with E-state index in [-0.39, 0.29) is 25.7 Å². The van der Waals surface area contributed by atoms with Crippen molar-refractivity contribution in [2.24, 2.45) is 11.8 Å². The Balaban J connectivity index is 5.17. The van der Waals surface area contributed by atoms with Crippen LogP contribution in [0.2, 0.25) is 0 Å². The summed E-state index contributed by atoms with van der Waals surface area (Å²) in [4.78, 5) is 72.6. The summed E-state index contributed by atoms with van der Waals surface area (Å²) in [5.74, 6) is -0.578. The molecule has 19 heteroatoms. The van der Waals surface area contributed by atoms with Gasteiger partial charge in [-0.15, -0.1) is 0 Å². The summed E-state index contributed by atoms with van der Waals surface area (Å²) >= 11 is 0. The third kappa shape index (κ3) is 67.3. The normalized spacial score (nSPS) is 14.3. The molecular formula is C75H146O17P2. The van der Waals surface area contributed by atoms with E-state index in [1.807, 2.05) is 0 Å². The molecule has 17 nitrogen and oxygen atoms in total. The summed E-state index contributed by atoms with van der Waals surface area (Å²) in [6.07, 6.45) is 54.4. The Bertz CT molecular complexity index is 1820. The zero-order chi connectivity index (χ0) is 69.3. The number of hydrogen-bond donors (Lipinski definition) is 3. The Morgan fingerprint density at radius 3 is 0.809 bits per heavy atom. The molecular weight excluding hydrogens is 1230 g/mol. The van der Waals surface area contributed by atoms with Crippen molar-refractivity contribution in [3.05, 3.63) is 0 Å². The molecule has 94 heavy (non-hydrogen) atoms. The van der Waals surface area contributed by atoms with Crippen LogP contribution in [-0.2, 0) is 65.4 Å². The molecule has 0 heterocycles. The number of rotatable bonds is 74. The molecule has 0 aromatic carbocycles. The van der Waals surface area contributed by atoms with Gasteiger partial charge in [0.15, 0.2) is 12.2 Å². The van der Waals surface area contributed by atoms with Gasteiger partial charge >= 0.3 is 39.5 Å². The fourth-order valence-corrected chi connectivity index (χ4v) is 13.0. The van der Waals surface area contributed by atoms with Gasteiger partial charge in [0.25, 0.3) is 0 Å². The molecule has 3 unspecified atom stereocenters. The van der Waals surface area contributed by atoms with Crippen LogP contribution >= 0.6 is 15.6 Å². The first kappa shape index (κ1) is 92.1. The fourth-order valence-electron chi connectivity index (χ4n) is 11.4. The third-order valence-corrected chi connectivity index (χ3v) is 19.7. The predicted molar refractivity (Wildman–Crippen MR) is 381 cm³/mol. The van der Waals surface area contributed by atoms with E-state index in [0.29, 0.717) is 31.6 Å². The van der Waals surface area contributed by atoms with Gasteiger partial charge in [0.05, 0.1) is 26.4 Å². The second-order valence-corrected chi connectivity index (χ2v) is 30.7. The van der Waals surface area contributed by atoms with Crippen molar-refractivity contribution in [3.63, 3.8) is 0 Å². The summed E-state index contributed by atoms with van der Waals surface area (Å²) in [5.41, 5.74) is 0. The van der Waals surface area contributed by atoms with Crippen LogP contribution in [0.3, 0.4) is 0 Å². The van der Waals surface area contributed by atoms with Crippen molar-refractivity contribution < 1.29 is 80.2 Å². The molecule has 0 saturated heterocycles. The molecule has 3 N–H and O–H groups in total. The van der Waals surface area contributed by atoms with E-state index >= 15 is 0 Å². The minimum Gasteiger partial charge on any atom is -0.462 e. The highest BCUT2D eigenvalue weighted by molar-refractivity contribution is 7.47. The van der Waals surface area contributed by atoms with E-state index in [9.17, 15) is 43.2 Å². The molecule has 0 aliphatic rings. The van der Waals surface area contributed by atoms with Crippen LogP contribution in [0.15, 0.2) is 0 Å². The van der Waals surface area contributed by atoms with E-state index in [0.717, 1.165) is 109 Å². The molecule has 0 radical (unpaired) electrons. The molecule has 0 aromatic heterocycles. The number of aliphatic hydroxyl groups is 1. The molecule has 0 bridgehead atoms. The lowest BCUT2D eigenvalue weighted by molar-refractivity contribution is -0.161. The second kappa shape index (κ2) is 66.9. The van der Waals surface area contributed by atoms with Crippen molar-refractivity contribution in [2.45, 2.75) is 407 Å². The first-order valence-electron chi connectivity index (χ1n) is 39.0. The average molecular weight is 1380 g/mol. The maximum atomic E-state index is 13.1. The van der Waals surface area contributed by atoms with E-state index in [2.05, 4.69) is 41.5 Å². The van der Waals surface area contributed by atoms with Gasteiger partial charge in [-0.25, -0.2) is 9.13 Å². The lowest BCUT2D eigenvalue weighted by Crippen LogP contribution is -2.30. The number of phosphoric acid groups is 2. The molecule has 0 aliphatic carbocycles. The Morgan fingerprint density at radius 1 is 0.309 bits per heavy atom. The molecule has 558 valence electrons. The number of aliphatic hydroxyl groups excluding tert-OH is 1. The summed E-state index contributed by atoms with van der Waals surface area (Å²) in [6, 6.07) is 0. The highest BCUT2D eigenvalue weighted by Gasteiger charge is 2.30. The van der Waals surface area contributed by atoms with Crippen LogP contribution in [-0.4, -0.2) is 96.7 Å². The summed E-state index contributed by atoms with van der Waals surface area (Å²) in [6.45, 7) is 9.53. The van der Waals surface area contributed by atoms with Gasteiger partial charge in [-0.2, -0.15) is 0 Å². The molecule has 0 fully saturated rings. The van der Waals surface area contributed by atoms with Gasteiger partial charge in [-0.05, 0) is 37.5 Å². The molecule has 0 aromatic rings. The first-order valence-corrected chi connectivity index (χ1v) is 42.0. The quantitative estimate of drug-likeness (QED) is 0.0222. The summed E-state index contributed by atoms with van der Waals surface area (Å²) in [7, 11) is -9.90. The van der Waals surface area contributed by atoms with Crippen molar-refractivity contribution >= 4 is 39.5 Å². The van der Waals surface area contributed by atoms with Gasteiger partial charge in [0.2, 0.25) is 0 Å².